The van der Waals surface area contributed by atoms with Crippen LogP contribution in [0.4, 0.5) is 14.9 Å². The van der Waals surface area contributed by atoms with Gasteiger partial charge in [-0.2, -0.15) is 13.5 Å². The lowest BCUT2D eigenvalue weighted by Crippen LogP contribution is -2.35. The van der Waals surface area contributed by atoms with Crippen molar-refractivity contribution in [3.05, 3.63) is 40.8 Å². The van der Waals surface area contributed by atoms with E-state index in [2.05, 4.69) is 10.4 Å². The summed E-state index contributed by atoms with van der Waals surface area (Å²) in [6.45, 7) is 9.18. The molecule has 1 aromatic carbocycles. The Kier molecular flexibility index (Phi) is 8.80. The molecule has 0 bridgehead atoms. The van der Waals surface area contributed by atoms with Gasteiger partial charge in [0.2, 0.25) is 0 Å². The number of aryl methyl sites for hydroxylation is 2. The van der Waals surface area contributed by atoms with E-state index in [9.17, 15) is 17.6 Å². The highest BCUT2D eigenvalue weighted by Crippen LogP contribution is 2.32. The lowest BCUT2D eigenvalue weighted by molar-refractivity contribution is 0.256. The van der Waals surface area contributed by atoms with Gasteiger partial charge in [0.25, 0.3) is 10.0 Å². The number of halogens is 1. The molecule has 0 aliphatic rings. The number of hydrogen-bond acceptors (Lipinski definition) is 5. The van der Waals surface area contributed by atoms with E-state index >= 15 is 0 Å². The molecule has 10 heteroatoms. The second-order valence-electron chi connectivity index (χ2n) is 8.08. The maximum absolute atomic E-state index is 14.2. The van der Waals surface area contributed by atoms with E-state index in [1.165, 1.54) is 22.9 Å². The highest BCUT2D eigenvalue weighted by atomic mass is 32.2. The number of nitrogens with zero attached hydrogens (tertiary/aromatic N) is 3. The number of anilines is 1. The molecule has 0 aliphatic heterocycles. The molecule has 0 fully saturated rings. The van der Waals surface area contributed by atoms with Crippen LogP contribution >= 0.6 is 0 Å². The van der Waals surface area contributed by atoms with Gasteiger partial charge in [0.05, 0.1) is 5.69 Å². The fraction of sp³-hybridized carbons (Fsp3) is 0.545. The van der Waals surface area contributed by atoms with Crippen molar-refractivity contribution >= 4 is 21.7 Å². The molecule has 0 aliphatic carbocycles. The van der Waals surface area contributed by atoms with Crippen LogP contribution in [0, 0.1) is 5.82 Å². The third-order valence-corrected chi connectivity index (χ3v) is 6.75. The van der Waals surface area contributed by atoms with Crippen LogP contribution in [0.2, 0.25) is 0 Å². The number of rotatable bonds is 10. The second-order valence-corrected chi connectivity index (χ2v) is 9.71. The molecule has 1 heterocycles. The van der Waals surface area contributed by atoms with Crippen molar-refractivity contribution in [2.45, 2.75) is 64.4 Å². The largest absolute Gasteiger partial charge is 0.333 e. The van der Waals surface area contributed by atoms with Gasteiger partial charge in [-0.25, -0.2) is 13.9 Å². The zero-order chi connectivity index (χ0) is 24.1. The Morgan fingerprint density at radius 1 is 1.25 bits per heavy atom. The van der Waals surface area contributed by atoms with Gasteiger partial charge in [-0.1, -0.05) is 34.1 Å². The Morgan fingerprint density at radius 2 is 1.94 bits per heavy atom. The molecule has 32 heavy (non-hydrogen) atoms. The standard InChI is InChI=1S/C22H34FN5O3S/c1-7-10-16-11-17(23)12-19(15(4)8-2)21(16)24-22(29)26-32(30,31)20-13-18(28(6)25-20)14-27(5)9-3/h11-13,15H,7-10,14H2,1-6H3,(H2,24,26,29). The van der Waals surface area contributed by atoms with Gasteiger partial charge in [-0.05, 0) is 55.6 Å². The van der Waals surface area contributed by atoms with Gasteiger partial charge in [0.15, 0.2) is 5.03 Å². The van der Waals surface area contributed by atoms with Gasteiger partial charge in [0.1, 0.15) is 5.82 Å². The van der Waals surface area contributed by atoms with Crippen molar-refractivity contribution in [1.29, 1.82) is 0 Å². The van der Waals surface area contributed by atoms with Crippen LogP contribution in [0.5, 0.6) is 0 Å². The van der Waals surface area contributed by atoms with Gasteiger partial charge in [0, 0.05) is 25.3 Å². The van der Waals surface area contributed by atoms with Gasteiger partial charge >= 0.3 is 6.03 Å². The van der Waals surface area contributed by atoms with Gasteiger partial charge in [-0.3, -0.25) is 4.68 Å². The van der Waals surface area contributed by atoms with Crippen molar-refractivity contribution in [2.75, 3.05) is 18.9 Å². The fourth-order valence-electron chi connectivity index (χ4n) is 3.37. The number of carbonyl (C=O) groups excluding carboxylic acids is 1. The van der Waals surface area contributed by atoms with Crippen LogP contribution in [0.25, 0.3) is 0 Å². The molecular weight excluding hydrogens is 433 g/mol. The van der Waals surface area contributed by atoms with Gasteiger partial charge in [-0.15, -0.1) is 0 Å². The SMILES string of the molecule is CCCc1cc(F)cc(C(C)CC)c1NC(=O)NS(=O)(=O)c1cc(CN(C)CC)n(C)n1. The minimum Gasteiger partial charge on any atom is -0.307 e. The molecule has 0 saturated heterocycles. The maximum atomic E-state index is 14.2. The first-order valence-corrected chi connectivity index (χ1v) is 12.4. The summed E-state index contributed by atoms with van der Waals surface area (Å²) < 4.78 is 43.2. The molecule has 178 valence electrons. The molecular formula is C22H34FN5O3S. The Bertz CT molecular complexity index is 1050. The van der Waals surface area contributed by atoms with E-state index in [1.54, 1.807) is 7.05 Å². The van der Waals surface area contributed by atoms with Crippen molar-refractivity contribution in [1.82, 2.24) is 19.4 Å². The Hall–Kier alpha value is -2.46. The summed E-state index contributed by atoms with van der Waals surface area (Å²) >= 11 is 0. The Morgan fingerprint density at radius 3 is 2.53 bits per heavy atom. The predicted molar refractivity (Wildman–Crippen MR) is 124 cm³/mol. The molecule has 2 rings (SSSR count). The number of hydrogen-bond donors (Lipinski definition) is 2. The van der Waals surface area contributed by atoms with Crippen LogP contribution in [0.1, 0.15) is 63.3 Å². The van der Waals surface area contributed by atoms with Gasteiger partial charge < -0.3 is 10.2 Å². The molecule has 1 aromatic heterocycles. The molecule has 2 N–H and O–H groups in total. The summed E-state index contributed by atoms with van der Waals surface area (Å²) in [5.41, 5.74) is 2.45. The minimum atomic E-state index is -4.18. The number of sulfonamides is 1. The first kappa shape index (κ1) is 25.8. The lowest BCUT2D eigenvalue weighted by atomic mass is 9.92. The average Bonchev–Trinajstić information content (AvgIpc) is 3.10. The van der Waals surface area contributed by atoms with E-state index in [0.717, 1.165) is 19.4 Å². The molecule has 0 saturated carbocycles. The van der Waals surface area contributed by atoms with Crippen molar-refractivity contribution in [2.24, 2.45) is 7.05 Å². The van der Waals surface area contributed by atoms with Crippen molar-refractivity contribution < 1.29 is 17.6 Å². The second kappa shape index (κ2) is 10.9. The third kappa shape index (κ3) is 6.29. The van der Waals surface area contributed by atoms with E-state index in [0.29, 0.717) is 35.5 Å². The van der Waals surface area contributed by atoms with E-state index < -0.39 is 16.1 Å². The van der Waals surface area contributed by atoms with Crippen LogP contribution in [-0.2, 0) is 30.0 Å². The van der Waals surface area contributed by atoms with Crippen molar-refractivity contribution in [3.8, 4) is 0 Å². The fourth-order valence-corrected chi connectivity index (χ4v) is 4.29. The normalized spacial score (nSPS) is 12.8. The smallest absolute Gasteiger partial charge is 0.307 e. The van der Waals surface area contributed by atoms with Crippen LogP contribution in [0.3, 0.4) is 0 Å². The Labute approximate surface area is 190 Å². The third-order valence-electron chi connectivity index (χ3n) is 5.54. The van der Waals surface area contributed by atoms with Crippen LogP contribution in [0.15, 0.2) is 23.2 Å². The summed E-state index contributed by atoms with van der Waals surface area (Å²) in [6, 6.07) is 3.32. The topological polar surface area (TPSA) is 96.3 Å². The molecule has 8 nitrogen and oxygen atoms in total. The molecule has 2 aromatic rings. The maximum Gasteiger partial charge on any atom is 0.333 e. The highest BCUT2D eigenvalue weighted by Gasteiger charge is 2.24. The monoisotopic (exact) mass is 467 g/mol. The minimum absolute atomic E-state index is 0.0119. The molecule has 0 radical (unpaired) electrons. The van der Waals surface area contributed by atoms with Crippen LogP contribution < -0.4 is 10.0 Å². The zero-order valence-corrected chi connectivity index (χ0v) is 20.5. The number of nitrogens with one attached hydrogen (secondary N) is 2. The number of amides is 2. The first-order chi connectivity index (χ1) is 15.0. The Balaban J connectivity index is 2.29. The quantitative estimate of drug-likeness (QED) is 0.551. The number of carbonyl (C=O) groups is 1. The summed E-state index contributed by atoms with van der Waals surface area (Å²) in [7, 11) is -0.609. The van der Waals surface area contributed by atoms with Crippen molar-refractivity contribution in [3.63, 3.8) is 0 Å². The summed E-state index contributed by atoms with van der Waals surface area (Å²) in [4.78, 5) is 14.7. The van der Waals surface area contributed by atoms with E-state index in [1.807, 2.05) is 44.4 Å². The van der Waals surface area contributed by atoms with E-state index in [-0.39, 0.29) is 16.8 Å². The zero-order valence-electron chi connectivity index (χ0n) is 19.7. The number of aromatic nitrogens is 2. The number of benzene rings is 1. The number of urea groups is 1. The van der Waals surface area contributed by atoms with Crippen LogP contribution in [-0.4, -0.2) is 42.7 Å². The summed E-state index contributed by atoms with van der Waals surface area (Å²) in [5, 5.41) is 6.48. The first-order valence-electron chi connectivity index (χ1n) is 10.9. The molecule has 1 unspecified atom stereocenters. The predicted octanol–water partition coefficient (Wildman–Crippen LogP) is 3.99. The average molecular weight is 468 g/mol. The molecule has 0 spiro atoms. The molecule has 1 atom stereocenters. The lowest BCUT2D eigenvalue weighted by Gasteiger charge is -2.20. The highest BCUT2D eigenvalue weighted by molar-refractivity contribution is 7.90. The molecule has 2 amide bonds. The van der Waals surface area contributed by atoms with E-state index in [4.69, 9.17) is 0 Å². The summed E-state index contributed by atoms with van der Waals surface area (Å²) in [5.74, 6) is -0.387. The summed E-state index contributed by atoms with van der Waals surface area (Å²) in [6.07, 6.45) is 2.05.